The van der Waals surface area contributed by atoms with Crippen molar-refractivity contribution in [1.82, 2.24) is 5.32 Å². The third kappa shape index (κ3) is 5.73. The first-order chi connectivity index (χ1) is 14.0. The quantitative estimate of drug-likeness (QED) is 0.591. The van der Waals surface area contributed by atoms with E-state index in [0.29, 0.717) is 22.9 Å². The second kappa shape index (κ2) is 9.11. The number of benzene rings is 3. The average molecular weight is 412 g/mol. The van der Waals surface area contributed by atoms with Gasteiger partial charge in [-0.1, -0.05) is 18.2 Å². The predicted molar refractivity (Wildman–Crippen MR) is 110 cm³/mol. The van der Waals surface area contributed by atoms with Gasteiger partial charge in [0, 0.05) is 12.7 Å². The van der Waals surface area contributed by atoms with Crippen molar-refractivity contribution in [3.8, 4) is 17.2 Å². The van der Waals surface area contributed by atoms with Crippen LogP contribution < -0.4 is 19.5 Å². The van der Waals surface area contributed by atoms with Gasteiger partial charge >= 0.3 is 0 Å². The molecule has 0 unspecified atom stereocenters. The Morgan fingerprint density at radius 2 is 1.41 bits per heavy atom. The first-order valence-electron chi connectivity index (χ1n) is 8.75. The molecule has 0 bridgehead atoms. The van der Waals surface area contributed by atoms with E-state index in [1.54, 1.807) is 24.3 Å². The highest BCUT2D eigenvalue weighted by molar-refractivity contribution is 7.92. The molecule has 1 amide bonds. The molecule has 0 aromatic heterocycles. The van der Waals surface area contributed by atoms with Gasteiger partial charge < -0.3 is 14.8 Å². The predicted octanol–water partition coefficient (Wildman–Crippen LogP) is 3.40. The van der Waals surface area contributed by atoms with E-state index in [1.807, 2.05) is 30.3 Å². The zero-order chi connectivity index (χ0) is 20.7. The first kappa shape index (κ1) is 20.2. The van der Waals surface area contributed by atoms with E-state index in [4.69, 9.17) is 9.47 Å². The van der Waals surface area contributed by atoms with Crippen LogP contribution in [0.15, 0.2) is 83.8 Å². The van der Waals surface area contributed by atoms with Gasteiger partial charge in [0.15, 0.2) is 6.61 Å². The number of nitrogens with one attached hydrogen (secondary N) is 2. The normalized spacial score (nSPS) is 10.8. The number of anilines is 1. The molecule has 150 valence electrons. The summed E-state index contributed by atoms with van der Waals surface area (Å²) < 4.78 is 38.6. The second-order valence-electron chi connectivity index (χ2n) is 5.98. The lowest BCUT2D eigenvalue weighted by atomic mass is 10.3. The molecular formula is C21H20N2O5S. The van der Waals surface area contributed by atoms with Gasteiger partial charge in [0.2, 0.25) is 0 Å². The van der Waals surface area contributed by atoms with Gasteiger partial charge in [-0.05, 0) is 60.7 Å². The van der Waals surface area contributed by atoms with E-state index in [2.05, 4.69) is 10.0 Å². The molecule has 3 aromatic rings. The van der Waals surface area contributed by atoms with Crippen molar-refractivity contribution >= 4 is 21.6 Å². The monoisotopic (exact) mass is 412 g/mol. The van der Waals surface area contributed by atoms with Crippen LogP contribution in [-0.2, 0) is 14.8 Å². The average Bonchev–Trinajstić information content (AvgIpc) is 2.74. The molecule has 29 heavy (non-hydrogen) atoms. The zero-order valence-corrected chi connectivity index (χ0v) is 16.5. The molecule has 3 aromatic carbocycles. The van der Waals surface area contributed by atoms with Gasteiger partial charge in [-0.2, -0.15) is 0 Å². The molecule has 0 aliphatic heterocycles. The lowest BCUT2D eigenvalue weighted by Crippen LogP contribution is -2.24. The lowest BCUT2D eigenvalue weighted by Gasteiger charge is -2.10. The fourth-order valence-electron chi connectivity index (χ4n) is 2.37. The molecule has 8 heteroatoms. The summed E-state index contributed by atoms with van der Waals surface area (Å²) in [5, 5.41) is 2.44. The first-order valence-corrected chi connectivity index (χ1v) is 10.2. The fraction of sp³-hybridized carbons (Fsp3) is 0.0952. The van der Waals surface area contributed by atoms with Crippen LogP contribution in [0.1, 0.15) is 0 Å². The molecule has 2 N–H and O–H groups in total. The van der Waals surface area contributed by atoms with Crippen molar-refractivity contribution in [3.05, 3.63) is 78.9 Å². The lowest BCUT2D eigenvalue weighted by molar-refractivity contribution is -0.122. The minimum absolute atomic E-state index is 0.0782. The maximum absolute atomic E-state index is 12.6. The standard InChI is InChI=1S/C21H20N2O5S/c1-22-21(24)15-27-17-11-13-20(14-12-17)29(25,26)23-16-7-9-19(10-8-16)28-18-5-3-2-4-6-18/h2-14,23H,15H2,1H3,(H,22,24). The number of para-hydroxylation sites is 1. The minimum atomic E-state index is -3.76. The van der Waals surface area contributed by atoms with Crippen LogP contribution in [0.2, 0.25) is 0 Å². The highest BCUT2D eigenvalue weighted by atomic mass is 32.2. The number of hydrogen-bond donors (Lipinski definition) is 2. The Hall–Kier alpha value is -3.52. The van der Waals surface area contributed by atoms with E-state index in [0.717, 1.165) is 0 Å². The Balaban J connectivity index is 1.63. The van der Waals surface area contributed by atoms with Crippen LogP contribution in [-0.4, -0.2) is 28.0 Å². The number of ether oxygens (including phenoxy) is 2. The van der Waals surface area contributed by atoms with Crippen molar-refractivity contribution in [2.45, 2.75) is 4.90 Å². The molecule has 0 heterocycles. The number of amides is 1. The fourth-order valence-corrected chi connectivity index (χ4v) is 3.42. The molecular weight excluding hydrogens is 392 g/mol. The van der Waals surface area contributed by atoms with Gasteiger partial charge in [0.1, 0.15) is 17.2 Å². The number of carbonyl (C=O) groups is 1. The zero-order valence-electron chi connectivity index (χ0n) is 15.7. The Morgan fingerprint density at radius 1 is 0.828 bits per heavy atom. The summed E-state index contributed by atoms with van der Waals surface area (Å²) >= 11 is 0. The second-order valence-corrected chi connectivity index (χ2v) is 7.66. The van der Waals surface area contributed by atoms with Crippen molar-refractivity contribution in [3.63, 3.8) is 0 Å². The minimum Gasteiger partial charge on any atom is -0.484 e. The Bertz CT molecular complexity index is 1050. The van der Waals surface area contributed by atoms with Crippen LogP contribution in [0.25, 0.3) is 0 Å². The van der Waals surface area contributed by atoms with E-state index in [1.165, 1.54) is 31.3 Å². The Morgan fingerprint density at radius 3 is 2.03 bits per heavy atom. The number of hydrogen-bond acceptors (Lipinski definition) is 5. The van der Waals surface area contributed by atoms with Crippen LogP contribution in [0, 0.1) is 0 Å². The molecule has 3 rings (SSSR count). The molecule has 0 fully saturated rings. The summed E-state index contributed by atoms with van der Waals surface area (Å²) in [7, 11) is -2.26. The van der Waals surface area contributed by atoms with Gasteiger partial charge in [-0.3, -0.25) is 9.52 Å². The van der Waals surface area contributed by atoms with E-state index < -0.39 is 10.0 Å². The van der Waals surface area contributed by atoms with Gasteiger partial charge in [-0.15, -0.1) is 0 Å². The topological polar surface area (TPSA) is 93.7 Å². The largest absolute Gasteiger partial charge is 0.484 e. The Labute approximate surface area is 169 Å². The third-order valence-corrected chi connectivity index (χ3v) is 5.27. The summed E-state index contributed by atoms with van der Waals surface area (Å²) in [4.78, 5) is 11.3. The van der Waals surface area contributed by atoms with Crippen molar-refractivity contribution in [1.29, 1.82) is 0 Å². The van der Waals surface area contributed by atoms with Crippen LogP contribution >= 0.6 is 0 Å². The molecule has 0 saturated carbocycles. The molecule has 0 spiro atoms. The highest BCUT2D eigenvalue weighted by Crippen LogP contribution is 2.24. The van der Waals surface area contributed by atoms with Crippen molar-refractivity contribution < 1.29 is 22.7 Å². The third-order valence-electron chi connectivity index (χ3n) is 3.87. The van der Waals surface area contributed by atoms with E-state index in [9.17, 15) is 13.2 Å². The van der Waals surface area contributed by atoms with Gasteiger partial charge in [-0.25, -0.2) is 8.42 Å². The summed E-state index contributed by atoms with van der Waals surface area (Å²) in [6, 6.07) is 21.7. The molecule has 7 nitrogen and oxygen atoms in total. The highest BCUT2D eigenvalue weighted by Gasteiger charge is 2.14. The Kier molecular flexibility index (Phi) is 6.36. The molecule has 0 aliphatic carbocycles. The van der Waals surface area contributed by atoms with Crippen molar-refractivity contribution in [2.75, 3.05) is 18.4 Å². The van der Waals surface area contributed by atoms with Gasteiger partial charge in [0.25, 0.3) is 15.9 Å². The molecule has 0 radical (unpaired) electrons. The van der Waals surface area contributed by atoms with Crippen LogP contribution in [0.4, 0.5) is 5.69 Å². The smallest absolute Gasteiger partial charge is 0.261 e. The maximum Gasteiger partial charge on any atom is 0.261 e. The number of sulfonamides is 1. The summed E-state index contributed by atoms with van der Waals surface area (Å²) in [6.07, 6.45) is 0. The van der Waals surface area contributed by atoms with Gasteiger partial charge in [0.05, 0.1) is 4.90 Å². The summed E-state index contributed by atoms with van der Waals surface area (Å²) in [6.45, 7) is -0.141. The summed E-state index contributed by atoms with van der Waals surface area (Å²) in [5.41, 5.74) is 0.408. The van der Waals surface area contributed by atoms with Crippen LogP contribution in [0.3, 0.4) is 0 Å². The maximum atomic E-state index is 12.6. The van der Waals surface area contributed by atoms with E-state index in [-0.39, 0.29) is 17.4 Å². The number of likely N-dealkylation sites (N-methyl/N-ethyl adjacent to an activating group) is 1. The molecule has 0 aliphatic rings. The number of carbonyl (C=O) groups excluding carboxylic acids is 1. The SMILES string of the molecule is CNC(=O)COc1ccc(S(=O)(=O)Nc2ccc(Oc3ccccc3)cc2)cc1. The summed E-state index contributed by atoms with van der Waals surface area (Å²) in [5.74, 6) is 1.41. The number of rotatable bonds is 8. The van der Waals surface area contributed by atoms with Crippen molar-refractivity contribution in [2.24, 2.45) is 0 Å². The van der Waals surface area contributed by atoms with Crippen LogP contribution in [0.5, 0.6) is 17.2 Å². The van der Waals surface area contributed by atoms with E-state index >= 15 is 0 Å². The molecule has 0 saturated heterocycles. The molecule has 0 atom stereocenters.